The molecule has 0 radical (unpaired) electrons. The Balaban J connectivity index is 1.59. The van der Waals surface area contributed by atoms with Crippen LogP contribution in [0.1, 0.15) is 16.4 Å². The summed E-state index contributed by atoms with van der Waals surface area (Å²) in [6.45, 7) is 1.42. The highest BCUT2D eigenvalue weighted by Crippen LogP contribution is 2.53. The maximum Gasteiger partial charge on any atom is 0.328 e. The van der Waals surface area contributed by atoms with Crippen LogP contribution >= 0.6 is 23.1 Å². The van der Waals surface area contributed by atoms with Gasteiger partial charge in [-0.05, 0) is 17.7 Å². The van der Waals surface area contributed by atoms with Crippen molar-refractivity contribution >= 4 is 46.9 Å². The van der Waals surface area contributed by atoms with Gasteiger partial charge in [-0.1, -0.05) is 35.2 Å². The Morgan fingerprint density at radius 2 is 1.76 bits per heavy atom. The van der Waals surface area contributed by atoms with Crippen LogP contribution in [0.4, 0.5) is 9.18 Å². The number of carbonyl (C=O) groups is 4. The summed E-state index contributed by atoms with van der Waals surface area (Å²) in [5.74, 6) is -4.05. The Kier molecular flexibility index (Phi) is 5.78. The molecule has 5 amide bonds. The van der Waals surface area contributed by atoms with Gasteiger partial charge in [0.1, 0.15) is 17.6 Å². The van der Waals surface area contributed by atoms with E-state index in [1.165, 1.54) is 28.8 Å². The first-order valence-electron chi connectivity index (χ1n) is 10.5. The van der Waals surface area contributed by atoms with Crippen molar-refractivity contribution in [2.75, 3.05) is 26.3 Å². The van der Waals surface area contributed by atoms with Gasteiger partial charge in [0, 0.05) is 23.9 Å². The number of likely N-dealkylation sites (tertiary alicyclic amines) is 1. The number of nitrogens with zero attached hydrogens (tertiary/aromatic N) is 3. The summed E-state index contributed by atoms with van der Waals surface area (Å²) < 4.78 is 20.2. The molecule has 2 unspecified atom stereocenters. The molecule has 10 nitrogen and oxygen atoms in total. The molecule has 1 aromatic heterocycles. The van der Waals surface area contributed by atoms with E-state index < -0.39 is 45.6 Å². The van der Waals surface area contributed by atoms with Gasteiger partial charge in [0.15, 0.2) is 0 Å². The van der Waals surface area contributed by atoms with Gasteiger partial charge in [-0.25, -0.2) is 9.18 Å². The Hall–Kier alpha value is -3.03. The monoisotopic (exact) mass is 506 g/mol. The van der Waals surface area contributed by atoms with Crippen molar-refractivity contribution in [2.45, 2.75) is 22.7 Å². The Morgan fingerprint density at radius 3 is 2.41 bits per heavy atom. The van der Waals surface area contributed by atoms with Gasteiger partial charge in [0.05, 0.1) is 24.2 Å². The molecule has 0 aliphatic carbocycles. The van der Waals surface area contributed by atoms with Crippen molar-refractivity contribution < 1.29 is 28.3 Å². The molecule has 2 saturated heterocycles. The molecular weight excluding hydrogens is 487 g/mol. The van der Waals surface area contributed by atoms with E-state index in [4.69, 9.17) is 10.5 Å². The average molecular weight is 507 g/mol. The van der Waals surface area contributed by atoms with Crippen LogP contribution < -0.4 is 10.6 Å². The van der Waals surface area contributed by atoms with E-state index in [1.54, 1.807) is 4.90 Å². The molecule has 3 aliphatic heterocycles. The minimum atomic E-state index is -1.17. The fourth-order valence-electron chi connectivity index (χ4n) is 4.55. The molecule has 1 aromatic carbocycles. The minimum absolute atomic E-state index is 0.229. The van der Waals surface area contributed by atoms with Crippen molar-refractivity contribution in [2.24, 2.45) is 11.7 Å². The molecule has 2 fully saturated rings. The van der Waals surface area contributed by atoms with Gasteiger partial charge in [-0.3, -0.25) is 23.7 Å². The highest BCUT2D eigenvalue weighted by molar-refractivity contribution is 8.00. The SMILES string of the molecule is NC(=O)N1C(=O)C2Sc3c(sc(=O)n3CC(=O)N3CCOCC3)[C@@H](c3ccc(F)cc3)C2C1=O. The fourth-order valence-corrected chi connectivity index (χ4v) is 7.32. The maximum absolute atomic E-state index is 13.6. The molecule has 13 heteroatoms. The highest BCUT2D eigenvalue weighted by atomic mass is 32.2. The van der Waals surface area contributed by atoms with Crippen LogP contribution in [0.15, 0.2) is 34.1 Å². The summed E-state index contributed by atoms with van der Waals surface area (Å²) in [6, 6.07) is 4.23. The van der Waals surface area contributed by atoms with Crippen LogP contribution in [0.25, 0.3) is 0 Å². The molecular formula is C21H19FN4O6S2. The second-order valence-corrected chi connectivity index (χ2v) is 10.2. The van der Waals surface area contributed by atoms with Crippen LogP contribution in [-0.4, -0.2) is 69.7 Å². The summed E-state index contributed by atoms with van der Waals surface area (Å²) in [6.07, 6.45) is 0. The lowest BCUT2D eigenvalue weighted by atomic mass is 9.83. The molecule has 34 heavy (non-hydrogen) atoms. The maximum atomic E-state index is 13.6. The Bertz CT molecular complexity index is 1250. The van der Waals surface area contributed by atoms with Gasteiger partial charge in [0.2, 0.25) is 11.8 Å². The lowest BCUT2D eigenvalue weighted by Gasteiger charge is -2.31. The minimum Gasteiger partial charge on any atom is -0.378 e. The number of ether oxygens (including phenoxy) is 1. The number of imide groups is 3. The molecule has 178 valence electrons. The second-order valence-electron chi connectivity index (χ2n) is 8.06. The Labute approximate surface area is 200 Å². The van der Waals surface area contributed by atoms with Gasteiger partial charge < -0.3 is 15.4 Å². The number of hydrogen-bond donors (Lipinski definition) is 1. The van der Waals surface area contributed by atoms with Gasteiger partial charge in [-0.2, -0.15) is 4.90 Å². The molecule has 5 rings (SSSR count). The van der Waals surface area contributed by atoms with E-state index >= 15 is 0 Å². The number of rotatable bonds is 3. The standard InChI is InChI=1S/C21H19FN4O6S2/c22-11-3-1-10(2-4-11)13-14-15(18(29)26(17(14)28)20(23)30)33-19-16(13)34-21(31)25(19)9-12(27)24-5-7-32-8-6-24/h1-4,13-15H,5-9H2,(H2,23,30)/t13-,14?,15?/m0/s1. The van der Waals surface area contributed by atoms with Crippen molar-refractivity contribution in [3.63, 3.8) is 0 Å². The van der Waals surface area contributed by atoms with Crippen LogP contribution in [0.5, 0.6) is 0 Å². The largest absolute Gasteiger partial charge is 0.378 e. The number of primary amides is 1. The predicted octanol–water partition coefficient (Wildman–Crippen LogP) is 0.578. The summed E-state index contributed by atoms with van der Waals surface area (Å²) in [5.41, 5.74) is 5.81. The molecule has 0 spiro atoms. The predicted molar refractivity (Wildman–Crippen MR) is 119 cm³/mol. The number of benzene rings is 1. The van der Waals surface area contributed by atoms with Crippen LogP contribution in [0.3, 0.4) is 0 Å². The van der Waals surface area contributed by atoms with Crippen LogP contribution in [0.2, 0.25) is 0 Å². The lowest BCUT2D eigenvalue weighted by molar-refractivity contribution is -0.137. The lowest BCUT2D eigenvalue weighted by Crippen LogP contribution is -2.43. The van der Waals surface area contributed by atoms with Crippen molar-refractivity contribution in [3.8, 4) is 0 Å². The first-order chi connectivity index (χ1) is 16.3. The van der Waals surface area contributed by atoms with E-state index in [9.17, 15) is 28.4 Å². The number of morpholine rings is 1. The van der Waals surface area contributed by atoms with Crippen LogP contribution in [-0.2, 0) is 25.7 Å². The molecule has 0 bridgehead atoms. The summed E-state index contributed by atoms with van der Waals surface area (Å²) in [4.78, 5) is 65.8. The smallest absolute Gasteiger partial charge is 0.328 e. The second kappa shape index (κ2) is 8.64. The first-order valence-corrected chi connectivity index (χ1v) is 12.2. The molecule has 3 atom stereocenters. The normalized spacial score (nSPS) is 24.2. The number of aromatic nitrogens is 1. The average Bonchev–Trinajstić information content (AvgIpc) is 3.26. The van der Waals surface area contributed by atoms with E-state index in [1.807, 2.05) is 0 Å². The summed E-state index contributed by atoms with van der Waals surface area (Å²) >= 11 is 1.86. The molecule has 4 heterocycles. The highest BCUT2D eigenvalue weighted by Gasteiger charge is 2.57. The van der Waals surface area contributed by atoms with Gasteiger partial charge in [0.25, 0.3) is 5.91 Å². The third-order valence-electron chi connectivity index (χ3n) is 6.16. The zero-order chi connectivity index (χ0) is 24.1. The van der Waals surface area contributed by atoms with E-state index in [0.29, 0.717) is 46.7 Å². The topological polar surface area (TPSA) is 132 Å². The van der Waals surface area contributed by atoms with Crippen molar-refractivity contribution in [3.05, 3.63) is 50.2 Å². The number of halogens is 1. The third-order valence-corrected chi connectivity index (χ3v) is 8.76. The number of thioether (sulfide) groups is 1. The van der Waals surface area contributed by atoms with E-state index in [-0.39, 0.29) is 12.5 Å². The van der Waals surface area contributed by atoms with Crippen molar-refractivity contribution in [1.29, 1.82) is 0 Å². The third kappa shape index (κ3) is 3.63. The molecule has 2 N–H and O–H groups in total. The number of carbonyl (C=O) groups excluding carboxylic acids is 4. The van der Waals surface area contributed by atoms with E-state index in [2.05, 4.69) is 0 Å². The zero-order valence-corrected chi connectivity index (χ0v) is 19.3. The van der Waals surface area contributed by atoms with Crippen LogP contribution in [0, 0.1) is 11.7 Å². The van der Waals surface area contributed by atoms with Gasteiger partial charge >= 0.3 is 10.9 Å². The number of amides is 5. The van der Waals surface area contributed by atoms with E-state index in [0.717, 1.165) is 23.1 Å². The first kappa shape index (κ1) is 22.7. The zero-order valence-electron chi connectivity index (χ0n) is 17.6. The quantitative estimate of drug-likeness (QED) is 0.602. The number of thiazole rings is 1. The number of fused-ring (bicyclic) bond motifs is 2. The molecule has 0 saturated carbocycles. The summed E-state index contributed by atoms with van der Waals surface area (Å²) in [7, 11) is 0. The molecule has 2 aromatic rings. The van der Waals surface area contributed by atoms with Gasteiger partial charge in [-0.15, -0.1) is 0 Å². The number of urea groups is 1. The summed E-state index contributed by atoms with van der Waals surface area (Å²) in [5, 5.41) is -0.624. The van der Waals surface area contributed by atoms with Crippen molar-refractivity contribution in [1.82, 2.24) is 14.4 Å². The molecule has 3 aliphatic rings. The Morgan fingerprint density at radius 1 is 1.09 bits per heavy atom. The number of hydrogen-bond acceptors (Lipinski definition) is 8. The fraction of sp³-hybridized carbons (Fsp3) is 0.381. The number of nitrogens with two attached hydrogens (primary N) is 1.